The van der Waals surface area contributed by atoms with Crippen LogP contribution in [-0.4, -0.2) is 15.8 Å². The Morgan fingerprint density at radius 2 is 0.517 bits per heavy atom. The van der Waals surface area contributed by atoms with Gasteiger partial charge in [0.25, 0.3) is 6.71 Å². The van der Waals surface area contributed by atoms with Gasteiger partial charge in [0.1, 0.15) is 0 Å². The number of aromatic nitrogens is 2. The molecule has 5 heteroatoms. The van der Waals surface area contributed by atoms with Crippen molar-refractivity contribution in [3.05, 3.63) is 326 Å². The van der Waals surface area contributed by atoms with Gasteiger partial charge in [-0.15, -0.1) is 0 Å². The van der Waals surface area contributed by atoms with Crippen LogP contribution in [0.1, 0.15) is 381 Å². The highest BCUT2D eigenvalue weighted by atomic mass is 15.2. The number of nitrogens with zero attached hydrogens (tertiary/aromatic N) is 4. The van der Waals surface area contributed by atoms with E-state index >= 15 is 0 Å². The van der Waals surface area contributed by atoms with E-state index in [9.17, 15) is 12.3 Å². The Hall–Kier alpha value is -11.7. The lowest BCUT2D eigenvalue weighted by molar-refractivity contribution is 0.568. The minimum atomic E-state index is -1.11. The fourth-order valence-electron chi connectivity index (χ4n) is 21.6. The molecule has 2 aliphatic heterocycles. The summed E-state index contributed by atoms with van der Waals surface area (Å²) in [6.45, 7) is 92.4. The van der Waals surface area contributed by atoms with E-state index in [1.807, 2.05) is 83.1 Å². The van der Waals surface area contributed by atoms with Crippen molar-refractivity contribution < 1.29 is 12.3 Å². The molecule has 4 heterocycles. The molecule has 2 aromatic heterocycles. The molecule has 0 amide bonds. The SMILES string of the molecule is [2H]c1c([2H])c(C(C)(C)C)c([2H])c([2H])c1-c1c([2H])c(C(C)(C)C)c([2H])c(-c2c([2H])c(C(C)(C)C)c([2H])c([2H])c2C(C)(C)C)c1N1c2cc(-n3c4ccc(C(C)(C)C)cc4c4cc(C(C)(C)C)ccc43)ccc2B2c3ccc(-n4c5ccc(C(C)(C)C)cc5c5cc(C(C)(C)C)ccc54)cc3N(c3c(-c4cc(C(C)(C)C)cc(C(C)(C)C)c4)cc(C(C)(C)C)cc3-c3ccccc3C(C)(C)C)c3cc(-c4cc(C(C)(C)C)cc(C(C)(C)C)c4)cc1c32. The first-order chi connectivity index (χ1) is 70.5. The average Bonchev–Trinajstić information content (AvgIpc) is 0.728. The Morgan fingerprint density at radius 3 is 0.883 bits per heavy atom. The quantitative estimate of drug-likeness (QED) is 0.134. The van der Waals surface area contributed by atoms with E-state index in [0.717, 1.165) is 144 Å². The van der Waals surface area contributed by atoms with Crippen molar-refractivity contribution in [1.29, 1.82) is 0 Å². The summed E-state index contributed by atoms with van der Waals surface area (Å²) in [6.07, 6.45) is 0. The molecular weight excluding hydrogens is 1750 g/mol. The molecule has 0 bridgehead atoms. The lowest BCUT2D eigenvalue weighted by Gasteiger charge is -2.46. The van der Waals surface area contributed by atoms with Gasteiger partial charge in [-0.1, -0.05) is 430 Å². The summed E-state index contributed by atoms with van der Waals surface area (Å²) in [5.74, 6) is 0. The van der Waals surface area contributed by atoms with Crippen LogP contribution >= 0.6 is 0 Å². The van der Waals surface area contributed by atoms with Gasteiger partial charge in [-0.05, 0) is 313 Å². The Morgan fingerprint density at radius 1 is 0.200 bits per heavy atom. The van der Waals surface area contributed by atoms with Crippen molar-refractivity contribution in [1.82, 2.24) is 9.13 Å². The van der Waals surface area contributed by atoms with Gasteiger partial charge in [0.2, 0.25) is 0 Å². The van der Waals surface area contributed by atoms with Crippen molar-refractivity contribution in [2.75, 3.05) is 9.80 Å². The van der Waals surface area contributed by atoms with Crippen LogP contribution in [0.25, 0.3) is 111 Å². The Kier molecular flexibility index (Phi) is 21.9. The third-order valence-electron chi connectivity index (χ3n) is 30.9. The van der Waals surface area contributed by atoms with Crippen LogP contribution in [0.5, 0.6) is 0 Å². The fraction of sp³-hybridized carbons (Fsp3) is 0.400. The fourth-order valence-corrected chi connectivity index (χ4v) is 21.6. The highest BCUT2D eigenvalue weighted by molar-refractivity contribution is 7.00. The average molecular weight is 1930 g/mol. The zero-order chi connectivity index (χ0) is 114. The Bertz CT molecular complexity index is 8260. The molecule has 145 heavy (non-hydrogen) atoms. The molecule has 2 aliphatic rings. The summed E-state index contributed by atoms with van der Waals surface area (Å²) in [5.41, 5.74) is 24.2. The summed E-state index contributed by atoms with van der Waals surface area (Å²) >= 11 is 0. The summed E-state index contributed by atoms with van der Waals surface area (Å²) in [4.78, 5) is 4.95. The molecule has 0 atom stereocenters. The maximum atomic E-state index is 12.2. The number of hydrogen-bond acceptors (Lipinski definition) is 2. The maximum Gasteiger partial charge on any atom is 0.252 e. The van der Waals surface area contributed by atoms with Crippen molar-refractivity contribution >= 4 is 101 Å². The van der Waals surface area contributed by atoms with Gasteiger partial charge >= 0.3 is 0 Å². The molecule has 0 fully saturated rings. The third kappa shape index (κ3) is 19.0. The third-order valence-corrected chi connectivity index (χ3v) is 30.9. The standard InChI is InChI=1S/C140H167BN4/c1-127(2,3)88-49-47-84(48-50-88)103-78-98(137(31,32)33)81-111(105-73-89(128(4,5)6)51-58-113(105)140(40,41)42)125(103)144-120-82-100(142-116-61-52-90(129(7,8)9)74-106(116)107-75-91(130(10,11)12)53-62-117(107)142)56-59-114(120)141-115-60-57-101(143-118-63-54-92(131(13,14)15)76-108(118)109-77-93(132(16,17)18)55-64-119(109)143)83-121(115)145(123-70-86(69-122(144)124(123)141)85-65-94(133(19,20)21)71-95(66-85)134(22,23)24)126-104(87-67-96(135(25,26)27)72-97(68-87)136(28,29)30)79-99(138(34,35)36)80-110(126)102-45-43-44-46-112(102)139(37,38)39/h43-83H,1-42H3/i47D,48D,49D,50D,51D,58D,73D,78D,81D. The summed E-state index contributed by atoms with van der Waals surface area (Å²) < 4.78 is 106. The van der Waals surface area contributed by atoms with Crippen LogP contribution in [0.4, 0.5) is 34.1 Å². The summed E-state index contributed by atoms with van der Waals surface area (Å²) in [5, 5.41) is 4.48. The number of anilines is 6. The zero-order valence-electron chi connectivity index (χ0n) is 105. The van der Waals surface area contributed by atoms with Crippen LogP contribution < -0.4 is 26.2 Å². The molecule has 16 aromatic rings. The van der Waals surface area contributed by atoms with E-state index in [1.165, 1.54) is 33.4 Å². The number of rotatable bonds is 9. The number of hydrogen-bond donors (Lipinski definition) is 0. The minimum Gasteiger partial charge on any atom is -0.310 e. The van der Waals surface area contributed by atoms with Gasteiger partial charge in [-0.25, -0.2) is 0 Å². The Balaban J connectivity index is 1.19. The van der Waals surface area contributed by atoms with Crippen LogP contribution in [0.3, 0.4) is 0 Å². The molecule has 0 saturated carbocycles. The van der Waals surface area contributed by atoms with E-state index in [0.29, 0.717) is 22.5 Å². The molecule has 0 saturated heterocycles. The lowest BCUT2D eigenvalue weighted by Crippen LogP contribution is -2.61. The van der Waals surface area contributed by atoms with E-state index < -0.39 is 50.0 Å². The predicted molar refractivity (Wildman–Crippen MR) is 638 cm³/mol. The van der Waals surface area contributed by atoms with E-state index in [1.54, 1.807) is 0 Å². The van der Waals surface area contributed by atoms with Crippen LogP contribution in [0.2, 0.25) is 0 Å². The van der Waals surface area contributed by atoms with Crippen LogP contribution in [-0.2, 0) is 75.8 Å². The van der Waals surface area contributed by atoms with Crippen molar-refractivity contribution in [2.24, 2.45) is 0 Å². The molecule has 0 radical (unpaired) electrons. The minimum absolute atomic E-state index is 0.0223. The molecule has 14 aromatic carbocycles. The van der Waals surface area contributed by atoms with Crippen molar-refractivity contribution in [3.8, 4) is 67.0 Å². The molecule has 0 spiro atoms. The van der Waals surface area contributed by atoms with E-state index in [2.05, 4.69) is 421 Å². The van der Waals surface area contributed by atoms with E-state index in [4.69, 9.17) is 0 Å². The lowest BCUT2D eigenvalue weighted by atomic mass is 9.33. The van der Waals surface area contributed by atoms with Gasteiger partial charge in [-0.2, -0.15) is 0 Å². The topological polar surface area (TPSA) is 16.3 Å². The second-order valence-corrected chi connectivity index (χ2v) is 57.2. The van der Waals surface area contributed by atoms with Gasteiger partial charge in [0.15, 0.2) is 0 Å². The van der Waals surface area contributed by atoms with Crippen LogP contribution in [0.15, 0.2) is 249 Å². The normalized spacial score (nSPS) is 15.0. The molecule has 0 aliphatic carbocycles. The molecule has 750 valence electrons. The van der Waals surface area contributed by atoms with Gasteiger partial charge < -0.3 is 18.9 Å². The Labute approximate surface area is 886 Å². The largest absolute Gasteiger partial charge is 0.310 e. The summed E-state index contributed by atoms with van der Waals surface area (Å²) in [6, 6.07) is 74.2. The van der Waals surface area contributed by atoms with Crippen molar-refractivity contribution in [2.45, 2.75) is 367 Å². The first kappa shape index (κ1) is 92.0. The first-order valence-electron chi connectivity index (χ1n) is 57.8. The second kappa shape index (κ2) is 34.5. The second-order valence-electron chi connectivity index (χ2n) is 57.2. The van der Waals surface area contributed by atoms with Gasteiger partial charge in [0, 0.05) is 77.9 Å². The number of benzene rings is 14. The maximum absolute atomic E-state index is 12.2. The van der Waals surface area contributed by atoms with Crippen LogP contribution in [0, 0.1) is 0 Å². The first-order valence-corrected chi connectivity index (χ1v) is 53.3. The molecule has 18 rings (SSSR count). The van der Waals surface area contributed by atoms with E-state index in [-0.39, 0.29) is 126 Å². The summed E-state index contributed by atoms with van der Waals surface area (Å²) in [7, 11) is 0. The number of fused-ring (bicyclic) bond motifs is 10. The molecule has 4 nitrogen and oxygen atoms in total. The molecule has 0 N–H and O–H groups in total. The van der Waals surface area contributed by atoms with Crippen molar-refractivity contribution in [3.63, 3.8) is 0 Å². The molecular formula is C140H167BN4. The smallest absolute Gasteiger partial charge is 0.252 e. The zero-order valence-corrected chi connectivity index (χ0v) is 95.8. The highest BCUT2D eigenvalue weighted by Crippen LogP contribution is 2.59. The highest BCUT2D eigenvalue weighted by Gasteiger charge is 2.48. The van der Waals surface area contributed by atoms with Gasteiger partial charge in [0.05, 0.1) is 45.8 Å². The predicted octanol–water partition coefficient (Wildman–Crippen LogP) is 38.5. The monoisotopic (exact) mass is 1920 g/mol. The van der Waals surface area contributed by atoms with Gasteiger partial charge in [-0.3, -0.25) is 0 Å². The molecule has 0 unspecified atom stereocenters.